The van der Waals surface area contributed by atoms with Gasteiger partial charge in [0.1, 0.15) is 0 Å². The van der Waals surface area contributed by atoms with E-state index >= 15 is 0 Å². The van der Waals surface area contributed by atoms with Crippen LogP contribution < -0.4 is 21.3 Å². The Morgan fingerprint density at radius 2 is 1.26 bits per heavy atom. The number of nitrogens with one attached hydrogen (secondary N) is 4. The van der Waals surface area contributed by atoms with Gasteiger partial charge in [0.2, 0.25) is 0 Å². The standard InChI is InChI=1S/C15H28N8/c1-13(21-23(3)15-18-10-6-7-11-19-15)12-20-22(2)14-16-8-4-5-9-17-14/h12H,4-11H2,1-3H3,(H2,16,17,18,19)/p+2/b20-12+,21-13+. The molecule has 0 unspecified atom stereocenters. The molecule has 2 rings (SSSR count). The molecule has 0 aromatic rings. The summed E-state index contributed by atoms with van der Waals surface area (Å²) in [5.41, 5.74) is 0.842. The molecule has 2 saturated heterocycles. The molecule has 4 N–H and O–H groups in total. The Kier molecular flexibility index (Phi) is 6.83. The molecule has 0 aromatic carbocycles. The SMILES string of the molecule is CC(/C=N/[N+](C)=C1NCCCCN1)=N\[N+](C)=C1NCCCCN1. The van der Waals surface area contributed by atoms with Gasteiger partial charge in [-0.15, -0.1) is 19.6 Å². The van der Waals surface area contributed by atoms with Crippen molar-refractivity contribution in [3.8, 4) is 0 Å². The summed E-state index contributed by atoms with van der Waals surface area (Å²) in [6.45, 7) is 5.87. The molecule has 8 heteroatoms. The number of hydrazone groups is 2. The largest absolute Gasteiger partial charge is 0.369 e. The average Bonchev–Trinajstić information content (AvgIpc) is 2.97. The summed E-state index contributed by atoms with van der Waals surface area (Å²) in [6.07, 6.45) is 6.49. The van der Waals surface area contributed by atoms with Crippen molar-refractivity contribution >= 4 is 23.8 Å². The van der Waals surface area contributed by atoms with E-state index < -0.39 is 0 Å². The summed E-state index contributed by atoms with van der Waals surface area (Å²) in [5.74, 6) is 1.89. The summed E-state index contributed by atoms with van der Waals surface area (Å²) in [4.78, 5) is 0. The average molecular weight is 322 g/mol. The molecule has 0 saturated carbocycles. The molecule has 2 fully saturated rings. The van der Waals surface area contributed by atoms with Crippen LogP contribution in [-0.2, 0) is 0 Å². The van der Waals surface area contributed by atoms with Crippen LogP contribution in [0.2, 0.25) is 0 Å². The number of hydrogen-bond acceptors (Lipinski definition) is 2. The Bertz CT molecular complexity index is 498. The molecule has 0 aliphatic carbocycles. The number of hydrogen-bond donors (Lipinski definition) is 4. The first-order chi connectivity index (χ1) is 11.2. The van der Waals surface area contributed by atoms with E-state index in [2.05, 4.69) is 31.5 Å². The predicted molar refractivity (Wildman–Crippen MR) is 94.5 cm³/mol. The van der Waals surface area contributed by atoms with Gasteiger partial charge >= 0.3 is 11.9 Å². The zero-order valence-corrected chi connectivity index (χ0v) is 14.5. The van der Waals surface area contributed by atoms with E-state index in [0.29, 0.717) is 0 Å². The third kappa shape index (κ3) is 5.88. The van der Waals surface area contributed by atoms with Crippen molar-refractivity contribution in [2.24, 2.45) is 10.2 Å². The maximum atomic E-state index is 4.54. The van der Waals surface area contributed by atoms with Crippen LogP contribution in [0.4, 0.5) is 0 Å². The van der Waals surface area contributed by atoms with Crippen LogP contribution in [-0.4, -0.2) is 73.5 Å². The van der Waals surface area contributed by atoms with Crippen molar-refractivity contribution in [3.05, 3.63) is 0 Å². The summed E-state index contributed by atoms with van der Waals surface area (Å²) >= 11 is 0. The molecular formula is C15H30N8+2. The molecule has 0 amide bonds. The maximum Gasteiger partial charge on any atom is 0.369 e. The molecule has 0 spiro atoms. The molecule has 0 atom stereocenters. The highest BCUT2D eigenvalue weighted by Gasteiger charge is 2.13. The highest BCUT2D eigenvalue weighted by Crippen LogP contribution is 1.91. The minimum atomic E-state index is 0.842. The van der Waals surface area contributed by atoms with Crippen molar-refractivity contribution in [1.29, 1.82) is 0 Å². The molecule has 8 nitrogen and oxygen atoms in total. The van der Waals surface area contributed by atoms with E-state index in [-0.39, 0.29) is 0 Å². The van der Waals surface area contributed by atoms with Gasteiger partial charge in [0.05, 0.1) is 52.2 Å². The summed E-state index contributed by atoms with van der Waals surface area (Å²) < 4.78 is 3.65. The zero-order valence-electron chi connectivity index (χ0n) is 14.5. The molecule has 2 heterocycles. The van der Waals surface area contributed by atoms with Crippen molar-refractivity contribution in [3.63, 3.8) is 0 Å². The minimum absolute atomic E-state index is 0.842. The molecule has 23 heavy (non-hydrogen) atoms. The highest BCUT2D eigenvalue weighted by atomic mass is 15.4. The molecule has 2 aliphatic rings. The Morgan fingerprint density at radius 1 is 0.826 bits per heavy atom. The third-order valence-corrected chi connectivity index (χ3v) is 3.75. The quantitative estimate of drug-likeness (QED) is 0.314. The lowest BCUT2D eigenvalue weighted by Crippen LogP contribution is -2.41. The Hall–Kier alpha value is -2.12. The van der Waals surface area contributed by atoms with Crippen molar-refractivity contribution in [2.75, 3.05) is 40.3 Å². The fraction of sp³-hybridized carbons (Fsp3) is 0.733. The molecular weight excluding hydrogens is 292 g/mol. The maximum absolute atomic E-state index is 4.54. The van der Waals surface area contributed by atoms with E-state index in [9.17, 15) is 0 Å². The van der Waals surface area contributed by atoms with Crippen LogP contribution in [0.3, 0.4) is 0 Å². The van der Waals surface area contributed by atoms with Crippen LogP contribution in [0.1, 0.15) is 32.6 Å². The number of guanidine groups is 2. The van der Waals surface area contributed by atoms with Gasteiger partial charge in [0, 0.05) is 0 Å². The van der Waals surface area contributed by atoms with E-state index in [0.717, 1.165) is 43.8 Å². The highest BCUT2D eigenvalue weighted by molar-refractivity contribution is 6.29. The van der Waals surface area contributed by atoms with Crippen molar-refractivity contribution < 1.29 is 9.37 Å². The van der Waals surface area contributed by atoms with Crippen LogP contribution in [0.25, 0.3) is 0 Å². The summed E-state index contributed by atoms with van der Waals surface area (Å²) in [5, 5.41) is 22.4. The fourth-order valence-electron chi connectivity index (χ4n) is 2.45. The normalized spacial score (nSPS) is 19.9. The van der Waals surface area contributed by atoms with Gasteiger partial charge in [0.15, 0.2) is 0 Å². The van der Waals surface area contributed by atoms with Gasteiger partial charge in [0.25, 0.3) is 0 Å². The van der Waals surface area contributed by atoms with Crippen LogP contribution in [0, 0.1) is 0 Å². The van der Waals surface area contributed by atoms with Gasteiger partial charge in [-0.1, -0.05) is 0 Å². The van der Waals surface area contributed by atoms with Crippen molar-refractivity contribution in [2.45, 2.75) is 32.6 Å². The number of nitrogens with zero attached hydrogens (tertiary/aromatic N) is 4. The minimum Gasteiger partial charge on any atom is -0.276 e. The van der Waals surface area contributed by atoms with Crippen LogP contribution >= 0.6 is 0 Å². The van der Waals surface area contributed by atoms with E-state index in [1.165, 1.54) is 25.7 Å². The third-order valence-electron chi connectivity index (χ3n) is 3.75. The first-order valence-electron chi connectivity index (χ1n) is 8.43. The Balaban J connectivity index is 2.02. The first kappa shape index (κ1) is 17.2. The van der Waals surface area contributed by atoms with Gasteiger partial charge in [-0.25, -0.2) is 0 Å². The molecule has 128 valence electrons. The first-order valence-corrected chi connectivity index (χ1v) is 8.43. The Morgan fingerprint density at radius 3 is 1.74 bits per heavy atom. The van der Waals surface area contributed by atoms with Gasteiger partial charge in [-0.05, 0) is 32.6 Å². The second kappa shape index (κ2) is 9.12. The van der Waals surface area contributed by atoms with Gasteiger partial charge in [-0.2, -0.15) is 0 Å². The fourth-order valence-corrected chi connectivity index (χ4v) is 2.45. The van der Waals surface area contributed by atoms with Gasteiger partial charge in [-0.3, -0.25) is 21.3 Å². The summed E-state index contributed by atoms with van der Waals surface area (Å²) in [6, 6.07) is 0. The number of rotatable bonds is 3. The van der Waals surface area contributed by atoms with E-state index in [1.54, 1.807) is 6.21 Å². The molecule has 0 bridgehead atoms. The monoisotopic (exact) mass is 322 g/mol. The van der Waals surface area contributed by atoms with Crippen LogP contribution in [0.5, 0.6) is 0 Å². The topological polar surface area (TPSA) is 78.9 Å². The lowest BCUT2D eigenvalue weighted by Gasteiger charge is -2.04. The van der Waals surface area contributed by atoms with E-state index in [1.807, 2.05) is 30.4 Å². The zero-order chi connectivity index (χ0) is 16.5. The summed E-state index contributed by atoms with van der Waals surface area (Å²) in [7, 11) is 3.86. The lowest BCUT2D eigenvalue weighted by atomic mass is 10.3. The smallest absolute Gasteiger partial charge is 0.276 e. The lowest BCUT2D eigenvalue weighted by molar-refractivity contribution is -0.508. The molecule has 2 aliphatic heterocycles. The second-order valence-corrected chi connectivity index (χ2v) is 5.85. The van der Waals surface area contributed by atoms with Crippen molar-refractivity contribution in [1.82, 2.24) is 21.3 Å². The van der Waals surface area contributed by atoms with Gasteiger partial charge < -0.3 is 0 Å². The second-order valence-electron chi connectivity index (χ2n) is 5.85. The Labute approximate surface area is 138 Å². The predicted octanol–water partition coefficient (Wildman–Crippen LogP) is -0.709. The molecule has 0 radical (unpaired) electrons. The van der Waals surface area contributed by atoms with E-state index in [4.69, 9.17) is 0 Å². The molecule has 0 aromatic heterocycles. The van der Waals surface area contributed by atoms with Crippen LogP contribution in [0.15, 0.2) is 10.2 Å².